The van der Waals surface area contributed by atoms with Gasteiger partial charge in [-0.15, -0.1) is 0 Å². The van der Waals surface area contributed by atoms with Crippen LogP contribution < -0.4 is 0 Å². The third-order valence-corrected chi connectivity index (χ3v) is 2.34. The first kappa shape index (κ1) is 13.3. The van der Waals surface area contributed by atoms with E-state index in [2.05, 4.69) is 25.2 Å². The molecule has 6 nitrogen and oxygen atoms in total. The van der Waals surface area contributed by atoms with Gasteiger partial charge in [-0.3, -0.25) is 13.9 Å². The van der Waals surface area contributed by atoms with Crippen LogP contribution in [0.1, 0.15) is 13.8 Å². The predicted octanol–water partition coefficient (Wildman–Crippen LogP) is 1.83. The van der Waals surface area contributed by atoms with Crippen LogP contribution in [0.4, 0.5) is 0 Å². The molecule has 0 radical (unpaired) electrons. The summed E-state index contributed by atoms with van der Waals surface area (Å²) in [6.07, 6.45) is 0. The van der Waals surface area contributed by atoms with E-state index in [-0.39, 0.29) is 12.2 Å². The van der Waals surface area contributed by atoms with Gasteiger partial charge in [0.05, 0.1) is 6.61 Å². The van der Waals surface area contributed by atoms with Gasteiger partial charge in [-0.25, -0.2) is 9.36 Å². The number of phosphoric acid groups is 1. The average Bonchev–Trinajstić information content (AvgIpc) is 2.14. The van der Waals surface area contributed by atoms with E-state index in [1.54, 1.807) is 6.92 Å². The van der Waals surface area contributed by atoms with Crippen LogP contribution in [0.25, 0.3) is 0 Å². The summed E-state index contributed by atoms with van der Waals surface area (Å²) in [7, 11) is -2.66. The molecule has 0 aromatic carbocycles. The first-order valence-corrected chi connectivity index (χ1v) is 5.27. The smallest absolute Gasteiger partial charge is 0.288 e. The number of rotatable bonds is 6. The molecule has 0 rings (SSSR count). The molecule has 0 amide bonds. The third-order valence-electron chi connectivity index (χ3n) is 1.06. The largest absolute Gasteiger partial charge is 0.510 e. The predicted molar refractivity (Wildman–Crippen MR) is 48.2 cm³/mol. The molecule has 0 N–H and O–H groups in total. The van der Waals surface area contributed by atoms with Gasteiger partial charge < -0.3 is 0 Å². The van der Waals surface area contributed by atoms with Gasteiger partial charge in [-0.05, 0) is 13.8 Å². The summed E-state index contributed by atoms with van der Waals surface area (Å²) < 4.78 is 24.6. The molecular formula is C7H13O6P. The normalized spacial score (nSPS) is 14.5. The SMILES string of the molecule is C=C(C)C(=O)OOP(=O)(OC)OCC. The van der Waals surface area contributed by atoms with E-state index >= 15 is 0 Å². The molecule has 0 aliphatic rings. The van der Waals surface area contributed by atoms with Gasteiger partial charge in [-0.2, -0.15) is 0 Å². The Labute approximate surface area is 82.3 Å². The second kappa shape index (κ2) is 5.93. The molecule has 1 unspecified atom stereocenters. The van der Waals surface area contributed by atoms with Crippen molar-refractivity contribution in [3.05, 3.63) is 12.2 Å². The fourth-order valence-electron chi connectivity index (χ4n) is 0.413. The van der Waals surface area contributed by atoms with Crippen molar-refractivity contribution in [2.75, 3.05) is 13.7 Å². The highest BCUT2D eigenvalue weighted by molar-refractivity contribution is 7.48. The number of carbonyl (C=O) groups excluding carboxylic acids is 1. The Kier molecular flexibility index (Phi) is 5.64. The molecule has 0 fully saturated rings. The van der Waals surface area contributed by atoms with E-state index in [0.29, 0.717) is 0 Å². The number of hydrogen-bond acceptors (Lipinski definition) is 6. The second-order valence-corrected chi connectivity index (χ2v) is 3.94. The first-order chi connectivity index (χ1) is 6.45. The maximum Gasteiger partial charge on any atom is 0.510 e. The molecule has 0 heterocycles. The summed E-state index contributed by atoms with van der Waals surface area (Å²) in [5.74, 6) is -0.832. The Morgan fingerprint density at radius 1 is 1.50 bits per heavy atom. The quantitative estimate of drug-likeness (QED) is 0.296. The van der Waals surface area contributed by atoms with Crippen molar-refractivity contribution in [3.8, 4) is 0 Å². The lowest BCUT2D eigenvalue weighted by Gasteiger charge is -2.12. The van der Waals surface area contributed by atoms with Crippen molar-refractivity contribution < 1.29 is 28.0 Å². The van der Waals surface area contributed by atoms with Crippen molar-refractivity contribution in [1.29, 1.82) is 0 Å². The number of phosphoric ester groups is 1. The van der Waals surface area contributed by atoms with Crippen LogP contribution in [0, 0.1) is 0 Å². The molecule has 82 valence electrons. The van der Waals surface area contributed by atoms with E-state index in [0.717, 1.165) is 7.11 Å². The van der Waals surface area contributed by atoms with Gasteiger partial charge in [-0.1, -0.05) is 11.3 Å². The van der Waals surface area contributed by atoms with E-state index in [1.807, 2.05) is 0 Å². The van der Waals surface area contributed by atoms with Crippen LogP contribution in [0.3, 0.4) is 0 Å². The summed E-state index contributed by atoms with van der Waals surface area (Å²) in [6.45, 7) is 6.42. The maximum atomic E-state index is 11.3. The summed E-state index contributed by atoms with van der Waals surface area (Å²) in [6, 6.07) is 0. The van der Waals surface area contributed by atoms with Crippen molar-refractivity contribution in [3.63, 3.8) is 0 Å². The van der Waals surface area contributed by atoms with E-state index in [9.17, 15) is 9.36 Å². The van der Waals surface area contributed by atoms with Crippen LogP contribution in [-0.4, -0.2) is 19.7 Å². The Morgan fingerprint density at radius 2 is 2.07 bits per heavy atom. The molecule has 0 bridgehead atoms. The van der Waals surface area contributed by atoms with Crippen molar-refractivity contribution >= 4 is 13.8 Å². The molecule has 0 spiro atoms. The molecule has 14 heavy (non-hydrogen) atoms. The topological polar surface area (TPSA) is 71.1 Å². The molecule has 0 aliphatic heterocycles. The molecule has 0 aromatic rings. The van der Waals surface area contributed by atoms with Crippen LogP contribution in [0.2, 0.25) is 0 Å². The molecular weight excluding hydrogens is 211 g/mol. The van der Waals surface area contributed by atoms with Gasteiger partial charge in [0.15, 0.2) is 0 Å². The number of hydrogen-bond donors (Lipinski definition) is 0. The summed E-state index contributed by atoms with van der Waals surface area (Å²) in [4.78, 5) is 15.0. The van der Waals surface area contributed by atoms with Crippen molar-refractivity contribution in [2.24, 2.45) is 0 Å². The Balaban J connectivity index is 4.14. The van der Waals surface area contributed by atoms with Gasteiger partial charge in [0.1, 0.15) is 0 Å². The zero-order valence-electron chi connectivity index (χ0n) is 8.31. The van der Waals surface area contributed by atoms with E-state index in [1.165, 1.54) is 6.92 Å². The lowest BCUT2D eigenvalue weighted by Crippen LogP contribution is -2.06. The monoisotopic (exact) mass is 224 g/mol. The lowest BCUT2D eigenvalue weighted by molar-refractivity contribution is -0.219. The van der Waals surface area contributed by atoms with Crippen molar-refractivity contribution in [2.45, 2.75) is 13.8 Å². The molecule has 0 saturated carbocycles. The van der Waals surface area contributed by atoms with Crippen LogP contribution in [0.5, 0.6) is 0 Å². The summed E-state index contributed by atoms with van der Waals surface area (Å²) in [5, 5.41) is 0. The molecule has 1 atom stereocenters. The molecule has 0 saturated heterocycles. The highest BCUT2D eigenvalue weighted by Crippen LogP contribution is 2.48. The Hall–Kier alpha value is -0.680. The molecule has 7 heteroatoms. The Bertz CT molecular complexity index is 261. The standard InChI is InChI=1S/C7H13O6P/c1-5-11-14(9,10-4)13-12-7(8)6(2)3/h2,5H2,1,3-4H3. The fourth-order valence-corrected chi connectivity index (χ4v) is 1.10. The Morgan fingerprint density at radius 3 is 2.43 bits per heavy atom. The van der Waals surface area contributed by atoms with E-state index in [4.69, 9.17) is 0 Å². The molecule has 0 aromatic heterocycles. The van der Waals surface area contributed by atoms with Crippen LogP contribution in [-0.2, 0) is 28.0 Å². The minimum absolute atomic E-state index is 0.107. The fraction of sp³-hybridized carbons (Fsp3) is 0.571. The van der Waals surface area contributed by atoms with Crippen LogP contribution in [0.15, 0.2) is 12.2 Å². The average molecular weight is 224 g/mol. The highest BCUT2D eigenvalue weighted by atomic mass is 31.2. The lowest BCUT2D eigenvalue weighted by atomic mass is 10.4. The zero-order valence-corrected chi connectivity index (χ0v) is 9.21. The summed E-state index contributed by atoms with van der Waals surface area (Å²) in [5.41, 5.74) is 0.115. The number of carbonyl (C=O) groups is 1. The maximum absolute atomic E-state index is 11.3. The van der Waals surface area contributed by atoms with Crippen LogP contribution >= 0.6 is 7.82 Å². The van der Waals surface area contributed by atoms with Gasteiger partial charge in [0.25, 0.3) is 0 Å². The first-order valence-electron chi connectivity index (χ1n) is 3.81. The zero-order chi connectivity index (χ0) is 11.2. The summed E-state index contributed by atoms with van der Waals surface area (Å²) >= 11 is 0. The minimum Gasteiger partial charge on any atom is -0.288 e. The molecule has 0 aliphatic carbocycles. The van der Waals surface area contributed by atoms with Gasteiger partial charge in [0, 0.05) is 12.7 Å². The van der Waals surface area contributed by atoms with Crippen molar-refractivity contribution in [1.82, 2.24) is 0 Å². The second-order valence-electron chi connectivity index (χ2n) is 2.27. The minimum atomic E-state index is -3.78. The highest BCUT2D eigenvalue weighted by Gasteiger charge is 2.27. The third kappa shape index (κ3) is 4.53. The van der Waals surface area contributed by atoms with Gasteiger partial charge >= 0.3 is 13.8 Å². The van der Waals surface area contributed by atoms with E-state index < -0.39 is 13.8 Å². The van der Waals surface area contributed by atoms with Gasteiger partial charge in [0.2, 0.25) is 0 Å².